The van der Waals surface area contributed by atoms with Crippen molar-refractivity contribution in [2.45, 2.75) is 44.6 Å². The molecular weight excluding hydrogens is 350 g/mol. The Bertz CT molecular complexity index is 753. The standard InChI is InChI=1S/C19H25N3O3S/c1-14-21-16(12-26-14)10-24-17-8-19(25-11-17)5-7-22(13-19)9-15-4-3-6-20-18(15)23-2/h3-4,6,12,17H,5,7-11,13H2,1-2H3/t17-,19+/m1/s1. The first-order valence-electron chi connectivity index (χ1n) is 9.03. The van der Waals surface area contributed by atoms with Crippen LogP contribution in [0.25, 0.3) is 0 Å². The second kappa shape index (κ2) is 7.60. The summed E-state index contributed by atoms with van der Waals surface area (Å²) in [7, 11) is 1.67. The molecule has 2 fully saturated rings. The first-order chi connectivity index (χ1) is 12.7. The van der Waals surface area contributed by atoms with Crippen LogP contribution in [0.2, 0.25) is 0 Å². The van der Waals surface area contributed by atoms with Crippen molar-refractivity contribution in [3.8, 4) is 5.88 Å². The molecule has 7 heteroatoms. The van der Waals surface area contributed by atoms with Crippen molar-refractivity contribution >= 4 is 11.3 Å². The molecule has 4 heterocycles. The second-order valence-corrected chi connectivity index (χ2v) is 8.18. The number of hydrogen-bond acceptors (Lipinski definition) is 7. The molecule has 140 valence electrons. The lowest BCUT2D eigenvalue weighted by Crippen LogP contribution is -2.33. The Morgan fingerprint density at radius 3 is 3.19 bits per heavy atom. The van der Waals surface area contributed by atoms with Gasteiger partial charge in [0.15, 0.2) is 0 Å². The van der Waals surface area contributed by atoms with E-state index in [-0.39, 0.29) is 11.7 Å². The summed E-state index contributed by atoms with van der Waals surface area (Å²) in [6.45, 7) is 6.06. The Balaban J connectivity index is 1.30. The monoisotopic (exact) mass is 375 g/mol. The lowest BCUT2D eigenvalue weighted by molar-refractivity contribution is -0.000782. The van der Waals surface area contributed by atoms with Gasteiger partial charge in [-0.2, -0.15) is 0 Å². The van der Waals surface area contributed by atoms with E-state index in [9.17, 15) is 0 Å². The maximum atomic E-state index is 6.20. The second-order valence-electron chi connectivity index (χ2n) is 7.12. The molecule has 2 aromatic heterocycles. The van der Waals surface area contributed by atoms with Gasteiger partial charge in [0.2, 0.25) is 5.88 Å². The molecule has 2 saturated heterocycles. The van der Waals surface area contributed by atoms with E-state index in [4.69, 9.17) is 14.2 Å². The molecule has 0 bridgehead atoms. The van der Waals surface area contributed by atoms with Gasteiger partial charge in [0.25, 0.3) is 0 Å². The normalized spacial score (nSPS) is 26.0. The summed E-state index contributed by atoms with van der Waals surface area (Å²) in [6.07, 6.45) is 3.92. The fraction of sp³-hybridized carbons (Fsp3) is 0.579. The van der Waals surface area contributed by atoms with Gasteiger partial charge in [-0.3, -0.25) is 4.90 Å². The molecule has 0 unspecified atom stereocenters. The summed E-state index contributed by atoms with van der Waals surface area (Å²) in [5.41, 5.74) is 2.07. The van der Waals surface area contributed by atoms with Crippen LogP contribution in [0, 0.1) is 6.92 Å². The minimum atomic E-state index is -0.0713. The number of ether oxygens (including phenoxy) is 3. The van der Waals surface area contributed by atoms with E-state index in [0.29, 0.717) is 19.1 Å². The van der Waals surface area contributed by atoms with E-state index in [0.717, 1.165) is 48.7 Å². The minimum Gasteiger partial charge on any atom is -0.481 e. The number of rotatable bonds is 6. The smallest absolute Gasteiger partial charge is 0.217 e. The fourth-order valence-electron chi connectivity index (χ4n) is 3.90. The molecule has 2 aliphatic rings. The maximum absolute atomic E-state index is 6.20. The number of aromatic nitrogens is 2. The van der Waals surface area contributed by atoms with Crippen LogP contribution in [0.5, 0.6) is 5.88 Å². The zero-order valence-corrected chi connectivity index (χ0v) is 16.1. The van der Waals surface area contributed by atoms with Crippen LogP contribution < -0.4 is 4.74 Å². The molecule has 4 rings (SSSR count). The Kier molecular flexibility index (Phi) is 5.22. The molecule has 0 N–H and O–H groups in total. The highest BCUT2D eigenvalue weighted by Crippen LogP contribution is 2.37. The summed E-state index contributed by atoms with van der Waals surface area (Å²) in [6, 6.07) is 4.04. The number of methoxy groups -OCH3 is 1. The van der Waals surface area contributed by atoms with Gasteiger partial charge in [0.1, 0.15) is 0 Å². The SMILES string of the molecule is COc1ncccc1CN1CC[C@]2(C[C@@H](OCc3csc(C)n3)CO2)C1. The molecule has 1 spiro atoms. The highest BCUT2D eigenvalue weighted by molar-refractivity contribution is 7.09. The molecule has 0 radical (unpaired) electrons. The van der Waals surface area contributed by atoms with Crippen LogP contribution in [0.15, 0.2) is 23.7 Å². The zero-order chi connectivity index (χ0) is 18.0. The highest BCUT2D eigenvalue weighted by atomic mass is 32.1. The summed E-state index contributed by atoms with van der Waals surface area (Å²) in [5.74, 6) is 0.709. The maximum Gasteiger partial charge on any atom is 0.217 e. The van der Waals surface area contributed by atoms with Gasteiger partial charge in [-0.25, -0.2) is 9.97 Å². The lowest BCUT2D eigenvalue weighted by atomic mass is 9.98. The highest BCUT2D eigenvalue weighted by Gasteiger charge is 2.45. The number of likely N-dealkylation sites (tertiary alicyclic amines) is 1. The summed E-state index contributed by atoms with van der Waals surface area (Å²) in [5, 5.41) is 3.15. The van der Waals surface area contributed by atoms with Crippen molar-refractivity contribution in [2.24, 2.45) is 0 Å². The van der Waals surface area contributed by atoms with Gasteiger partial charge in [-0.15, -0.1) is 11.3 Å². The topological polar surface area (TPSA) is 56.7 Å². The van der Waals surface area contributed by atoms with E-state index >= 15 is 0 Å². The van der Waals surface area contributed by atoms with E-state index in [1.54, 1.807) is 24.6 Å². The van der Waals surface area contributed by atoms with Gasteiger partial charge in [-0.1, -0.05) is 6.07 Å². The predicted octanol–water partition coefficient (Wildman–Crippen LogP) is 2.81. The summed E-state index contributed by atoms with van der Waals surface area (Å²) < 4.78 is 17.6. The van der Waals surface area contributed by atoms with Gasteiger partial charge < -0.3 is 14.2 Å². The third-order valence-electron chi connectivity index (χ3n) is 5.14. The zero-order valence-electron chi connectivity index (χ0n) is 15.3. The molecule has 26 heavy (non-hydrogen) atoms. The van der Waals surface area contributed by atoms with E-state index in [1.807, 2.05) is 13.0 Å². The molecule has 2 aliphatic heterocycles. The Morgan fingerprint density at radius 1 is 1.46 bits per heavy atom. The van der Waals surface area contributed by atoms with Crippen molar-refractivity contribution in [1.82, 2.24) is 14.9 Å². The average Bonchev–Trinajstić information content (AvgIpc) is 3.35. The van der Waals surface area contributed by atoms with Crippen molar-refractivity contribution < 1.29 is 14.2 Å². The first-order valence-corrected chi connectivity index (χ1v) is 9.91. The molecule has 0 saturated carbocycles. The van der Waals surface area contributed by atoms with Crippen LogP contribution in [0.1, 0.15) is 29.1 Å². The largest absolute Gasteiger partial charge is 0.481 e. The van der Waals surface area contributed by atoms with Crippen molar-refractivity contribution in [1.29, 1.82) is 0 Å². The van der Waals surface area contributed by atoms with Gasteiger partial charge in [0.05, 0.1) is 42.7 Å². The Hall–Kier alpha value is -1.54. The molecule has 0 amide bonds. The lowest BCUT2D eigenvalue weighted by Gasteiger charge is -2.23. The molecular formula is C19H25N3O3S. The Labute approximate surface area is 158 Å². The third-order valence-corrected chi connectivity index (χ3v) is 5.96. The number of aryl methyl sites for hydroxylation is 1. The van der Waals surface area contributed by atoms with Crippen LogP contribution in [-0.4, -0.2) is 53.4 Å². The molecule has 0 aliphatic carbocycles. The molecule has 0 aromatic carbocycles. The van der Waals surface area contributed by atoms with Crippen molar-refractivity contribution in [3.63, 3.8) is 0 Å². The van der Waals surface area contributed by atoms with Gasteiger partial charge in [-0.05, 0) is 19.4 Å². The van der Waals surface area contributed by atoms with Crippen LogP contribution >= 0.6 is 11.3 Å². The predicted molar refractivity (Wildman–Crippen MR) is 99.4 cm³/mol. The van der Waals surface area contributed by atoms with Crippen molar-refractivity contribution in [3.05, 3.63) is 40.0 Å². The summed E-state index contributed by atoms with van der Waals surface area (Å²) >= 11 is 1.67. The van der Waals surface area contributed by atoms with E-state index in [2.05, 4.69) is 26.3 Å². The Morgan fingerprint density at radius 2 is 2.38 bits per heavy atom. The van der Waals surface area contributed by atoms with Crippen LogP contribution in [0.3, 0.4) is 0 Å². The van der Waals surface area contributed by atoms with Crippen LogP contribution in [0.4, 0.5) is 0 Å². The van der Waals surface area contributed by atoms with E-state index in [1.165, 1.54) is 0 Å². The number of pyridine rings is 1. The van der Waals surface area contributed by atoms with Crippen LogP contribution in [-0.2, 0) is 22.6 Å². The molecule has 2 atom stereocenters. The molecule has 6 nitrogen and oxygen atoms in total. The van der Waals surface area contributed by atoms with Gasteiger partial charge in [0, 0.05) is 43.2 Å². The first kappa shape index (κ1) is 17.9. The summed E-state index contributed by atoms with van der Waals surface area (Å²) in [4.78, 5) is 11.2. The van der Waals surface area contributed by atoms with Gasteiger partial charge >= 0.3 is 0 Å². The average molecular weight is 375 g/mol. The minimum absolute atomic E-state index is 0.0713. The third kappa shape index (κ3) is 3.91. The number of nitrogens with zero attached hydrogens (tertiary/aromatic N) is 3. The van der Waals surface area contributed by atoms with Crippen molar-refractivity contribution in [2.75, 3.05) is 26.8 Å². The number of hydrogen-bond donors (Lipinski definition) is 0. The fourth-order valence-corrected chi connectivity index (χ4v) is 4.50. The van der Waals surface area contributed by atoms with E-state index < -0.39 is 0 Å². The molecule has 2 aromatic rings. The quantitative estimate of drug-likeness (QED) is 0.774. The number of thiazole rings is 1.